The summed E-state index contributed by atoms with van der Waals surface area (Å²) in [6.07, 6.45) is 4.44. The molecule has 2 N–H and O–H groups in total. The van der Waals surface area contributed by atoms with E-state index in [0.717, 1.165) is 51.2 Å². The van der Waals surface area contributed by atoms with Crippen molar-refractivity contribution in [1.29, 1.82) is 0 Å². The molecule has 2 aromatic carbocycles. The average Bonchev–Trinajstić information content (AvgIpc) is 3.28. The van der Waals surface area contributed by atoms with E-state index in [4.69, 9.17) is 0 Å². The number of hydrogen-bond acceptors (Lipinski definition) is 5. The van der Waals surface area contributed by atoms with Gasteiger partial charge in [-0.1, -0.05) is 0 Å². The van der Waals surface area contributed by atoms with Gasteiger partial charge in [0.15, 0.2) is 11.6 Å². The second kappa shape index (κ2) is 9.64. The van der Waals surface area contributed by atoms with E-state index in [1.807, 2.05) is 0 Å². The number of carbonyl (C=O) groups is 1. The number of nitrogens with one attached hydrogen (secondary N) is 1. The van der Waals surface area contributed by atoms with Crippen LogP contribution in [0.5, 0.6) is 0 Å². The van der Waals surface area contributed by atoms with Gasteiger partial charge >= 0.3 is 5.97 Å². The van der Waals surface area contributed by atoms with Crippen molar-refractivity contribution in [3.05, 3.63) is 53.6 Å². The highest BCUT2D eigenvalue weighted by molar-refractivity contribution is 7.92. The standard InChI is InChI=1S/C23H27F2N3O4S/c24-19-7-6-18(13-20(19)25)33(31,32)26-21-12-17(23(29)30)5-8-22(21)28-11-3-4-16(15-28)14-27-9-1-2-10-27/h5-8,12-13,16,26H,1-4,9-11,14-15H2,(H,29,30). The number of nitrogens with zero attached hydrogens (tertiary/aromatic N) is 2. The fraction of sp³-hybridized carbons (Fsp3) is 0.435. The molecule has 2 aliphatic rings. The summed E-state index contributed by atoms with van der Waals surface area (Å²) in [6, 6.07) is 6.62. The van der Waals surface area contributed by atoms with Crippen LogP contribution >= 0.6 is 0 Å². The number of rotatable bonds is 7. The molecule has 2 aromatic rings. The molecule has 2 aliphatic heterocycles. The lowest BCUT2D eigenvalue weighted by atomic mass is 9.96. The predicted molar refractivity (Wildman–Crippen MR) is 121 cm³/mol. The Balaban J connectivity index is 1.62. The third-order valence-corrected chi connectivity index (χ3v) is 7.63. The molecule has 2 fully saturated rings. The van der Waals surface area contributed by atoms with Gasteiger partial charge in [0.05, 0.1) is 21.8 Å². The molecule has 33 heavy (non-hydrogen) atoms. The highest BCUT2D eigenvalue weighted by atomic mass is 32.2. The number of aromatic carboxylic acids is 1. The van der Waals surface area contributed by atoms with E-state index in [9.17, 15) is 27.1 Å². The van der Waals surface area contributed by atoms with Crippen molar-refractivity contribution in [2.24, 2.45) is 5.92 Å². The minimum absolute atomic E-state index is 0.0765. The second-order valence-electron chi connectivity index (χ2n) is 8.68. The monoisotopic (exact) mass is 479 g/mol. The van der Waals surface area contributed by atoms with Crippen molar-refractivity contribution in [3.8, 4) is 0 Å². The lowest BCUT2D eigenvalue weighted by molar-refractivity contribution is 0.0697. The lowest BCUT2D eigenvalue weighted by Crippen LogP contribution is -2.40. The van der Waals surface area contributed by atoms with Crippen LogP contribution in [0.3, 0.4) is 0 Å². The summed E-state index contributed by atoms with van der Waals surface area (Å²) in [6.45, 7) is 4.62. The second-order valence-corrected chi connectivity index (χ2v) is 10.4. The van der Waals surface area contributed by atoms with Gasteiger partial charge in [-0.2, -0.15) is 0 Å². The van der Waals surface area contributed by atoms with Crippen LogP contribution in [-0.2, 0) is 10.0 Å². The Labute approximate surface area is 192 Å². The van der Waals surface area contributed by atoms with Crippen molar-refractivity contribution in [3.63, 3.8) is 0 Å². The molecule has 0 spiro atoms. The highest BCUT2D eigenvalue weighted by Crippen LogP contribution is 2.33. The van der Waals surface area contributed by atoms with E-state index in [0.29, 0.717) is 24.2 Å². The van der Waals surface area contributed by atoms with Gasteiger partial charge < -0.3 is 14.9 Å². The molecule has 4 rings (SSSR count). The van der Waals surface area contributed by atoms with Gasteiger partial charge in [0.2, 0.25) is 0 Å². The molecule has 7 nitrogen and oxygen atoms in total. The molecule has 10 heteroatoms. The van der Waals surface area contributed by atoms with Gasteiger partial charge in [0.1, 0.15) is 0 Å². The van der Waals surface area contributed by atoms with Crippen molar-refractivity contribution in [2.45, 2.75) is 30.6 Å². The normalized spacial score (nSPS) is 19.6. The van der Waals surface area contributed by atoms with E-state index in [1.165, 1.54) is 25.0 Å². The van der Waals surface area contributed by atoms with Gasteiger partial charge in [0.25, 0.3) is 10.0 Å². The smallest absolute Gasteiger partial charge is 0.335 e. The Bertz CT molecular complexity index is 1140. The number of likely N-dealkylation sites (tertiary alicyclic amines) is 1. The average molecular weight is 480 g/mol. The van der Waals surface area contributed by atoms with Crippen molar-refractivity contribution in [2.75, 3.05) is 42.3 Å². The van der Waals surface area contributed by atoms with Crippen LogP contribution in [0, 0.1) is 17.6 Å². The fourth-order valence-electron chi connectivity index (χ4n) is 4.64. The number of sulfonamides is 1. The van der Waals surface area contributed by atoms with Gasteiger partial charge in [-0.15, -0.1) is 0 Å². The first-order valence-corrected chi connectivity index (χ1v) is 12.5. The number of carboxylic acids is 1. The first-order chi connectivity index (χ1) is 15.7. The number of hydrogen-bond donors (Lipinski definition) is 2. The summed E-state index contributed by atoms with van der Waals surface area (Å²) in [5, 5.41) is 9.41. The molecule has 178 valence electrons. The fourth-order valence-corrected chi connectivity index (χ4v) is 5.71. The van der Waals surface area contributed by atoms with Crippen LogP contribution in [0.15, 0.2) is 41.3 Å². The first-order valence-electron chi connectivity index (χ1n) is 11.1. The summed E-state index contributed by atoms with van der Waals surface area (Å²) >= 11 is 0. The molecular formula is C23H27F2N3O4S. The summed E-state index contributed by atoms with van der Waals surface area (Å²) < 4.78 is 55.1. The molecule has 2 saturated heterocycles. The lowest BCUT2D eigenvalue weighted by Gasteiger charge is -2.37. The number of carboxylic acid groups (broad SMARTS) is 1. The molecular weight excluding hydrogens is 452 g/mol. The molecule has 2 heterocycles. The maximum atomic E-state index is 13.6. The Morgan fingerprint density at radius 1 is 1.03 bits per heavy atom. The SMILES string of the molecule is O=C(O)c1ccc(N2CCCC(CN3CCCC3)C2)c(NS(=O)(=O)c2ccc(F)c(F)c2)c1. The molecule has 0 bridgehead atoms. The van der Waals surface area contributed by atoms with Gasteiger partial charge in [-0.05, 0) is 81.1 Å². The zero-order chi connectivity index (χ0) is 23.6. The van der Waals surface area contributed by atoms with E-state index < -0.39 is 32.5 Å². The van der Waals surface area contributed by atoms with Crippen molar-refractivity contribution < 1.29 is 27.1 Å². The largest absolute Gasteiger partial charge is 0.478 e. The molecule has 1 atom stereocenters. The van der Waals surface area contributed by atoms with E-state index in [-0.39, 0.29) is 11.3 Å². The zero-order valence-corrected chi connectivity index (χ0v) is 19.0. The quantitative estimate of drug-likeness (QED) is 0.628. The molecule has 0 aromatic heterocycles. The number of benzene rings is 2. The summed E-state index contributed by atoms with van der Waals surface area (Å²) in [7, 11) is -4.27. The Morgan fingerprint density at radius 3 is 2.48 bits per heavy atom. The van der Waals surface area contributed by atoms with Crippen LogP contribution in [-0.4, -0.2) is 57.1 Å². The Kier molecular flexibility index (Phi) is 6.85. The molecule has 0 radical (unpaired) electrons. The molecule has 0 aliphatic carbocycles. The number of anilines is 2. The molecule has 0 saturated carbocycles. The number of piperidine rings is 1. The minimum Gasteiger partial charge on any atom is -0.478 e. The van der Waals surface area contributed by atoms with Crippen LogP contribution in [0.1, 0.15) is 36.0 Å². The topological polar surface area (TPSA) is 89.9 Å². The van der Waals surface area contributed by atoms with Crippen molar-refractivity contribution >= 4 is 27.4 Å². The van der Waals surface area contributed by atoms with Gasteiger partial charge in [-0.25, -0.2) is 22.0 Å². The maximum absolute atomic E-state index is 13.6. The van der Waals surface area contributed by atoms with Gasteiger partial charge in [0, 0.05) is 19.6 Å². The van der Waals surface area contributed by atoms with E-state index in [2.05, 4.69) is 14.5 Å². The highest BCUT2D eigenvalue weighted by Gasteiger charge is 2.27. The molecule has 1 unspecified atom stereocenters. The van der Waals surface area contributed by atoms with Crippen LogP contribution in [0.4, 0.5) is 20.2 Å². The summed E-state index contributed by atoms with van der Waals surface area (Å²) in [4.78, 5) is 15.6. The van der Waals surface area contributed by atoms with Crippen LogP contribution in [0.25, 0.3) is 0 Å². The summed E-state index contributed by atoms with van der Waals surface area (Å²) in [5.41, 5.74) is 0.589. The Hall–Kier alpha value is -2.72. The third kappa shape index (κ3) is 5.44. The molecule has 0 amide bonds. The Morgan fingerprint density at radius 2 is 1.79 bits per heavy atom. The van der Waals surface area contributed by atoms with Crippen molar-refractivity contribution in [1.82, 2.24) is 4.90 Å². The van der Waals surface area contributed by atoms with Crippen LogP contribution < -0.4 is 9.62 Å². The zero-order valence-electron chi connectivity index (χ0n) is 18.1. The maximum Gasteiger partial charge on any atom is 0.335 e. The van der Waals surface area contributed by atoms with Crippen LogP contribution in [0.2, 0.25) is 0 Å². The van der Waals surface area contributed by atoms with E-state index in [1.54, 1.807) is 6.07 Å². The summed E-state index contributed by atoms with van der Waals surface area (Å²) in [5.74, 6) is -3.20. The van der Waals surface area contributed by atoms with E-state index >= 15 is 0 Å². The first kappa shape index (κ1) is 23.4. The minimum atomic E-state index is -4.27. The third-order valence-electron chi connectivity index (χ3n) is 6.26. The van der Waals surface area contributed by atoms with Gasteiger partial charge in [-0.3, -0.25) is 4.72 Å². The number of halogens is 2. The predicted octanol–water partition coefficient (Wildman–Crippen LogP) is 3.78.